The van der Waals surface area contributed by atoms with Crippen molar-refractivity contribution in [1.29, 1.82) is 0 Å². The zero-order chi connectivity index (χ0) is 10.0. The minimum atomic E-state index is -2.78. The average Bonchev–Trinajstić information content (AvgIpc) is 2.07. The molecule has 72 valence electrons. The second kappa shape index (κ2) is 5.77. The molecule has 1 unspecified atom stereocenters. The summed E-state index contributed by atoms with van der Waals surface area (Å²) in [5.41, 5.74) is 0. The number of benzene rings is 1. The van der Waals surface area contributed by atoms with E-state index in [1.54, 1.807) is 0 Å². The number of rotatable bonds is 2. The molecule has 7 heteroatoms. The maximum atomic E-state index is 12.8. The number of halogens is 2. The Kier molecular flexibility index (Phi) is 5.77. The summed E-state index contributed by atoms with van der Waals surface area (Å²) in [6, 6.07) is 1.25. The van der Waals surface area contributed by atoms with Crippen LogP contribution in [-0.2, 0) is 11.1 Å². The van der Waals surface area contributed by atoms with Crippen LogP contribution in [0.5, 0.6) is 5.75 Å². The molecule has 1 aromatic carbocycles. The van der Waals surface area contributed by atoms with E-state index in [0.29, 0.717) is 12.1 Å². The van der Waals surface area contributed by atoms with Crippen molar-refractivity contribution < 1.29 is 51.8 Å². The van der Waals surface area contributed by atoms with Gasteiger partial charge in [0, 0.05) is 6.07 Å². The summed E-state index contributed by atoms with van der Waals surface area (Å²) in [5, 5.41) is 0. The van der Waals surface area contributed by atoms with E-state index in [0.717, 1.165) is 7.11 Å². The Hall–Kier alpha value is -0.0100. The molecular formula is C7H5F2NaO3S. The third kappa shape index (κ3) is 2.99. The van der Waals surface area contributed by atoms with Crippen LogP contribution < -0.4 is 34.3 Å². The molecule has 0 saturated carbocycles. The predicted molar refractivity (Wildman–Crippen MR) is 40.1 cm³/mol. The van der Waals surface area contributed by atoms with Gasteiger partial charge in [0.2, 0.25) is 0 Å². The molecule has 0 aliphatic rings. The SMILES string of the molecule is COc1cc(F)c(S(=O)[O-])cc1F.[Na+]. The van der Waals surface area contributed by atoms with Crippen LogP contribution in [0, 0.1) is 11.6 Å². The maximum absolute atomic E-state index is 12.8. The van der Waals surface area contributed by atoms with Crippen LogP contribution >= 0.6 is 0 Å². The molecule has 3 nitrogen and oxygen atoms in total. The van der Waals surface area contributed by atoms with Crippen LogP contribution in [0.15, 0.2) is 17.0 Å². The van der Waals surface area contributed by atoms with Gasteiger partial charge >= 0.3 is 29.6 Å². The second-order valence-corrected chi connectivity index (χ2v) is 3.06. The summed E-state index contributed by atoms with van der Waals surface area (Å²) in [5.74, 6) is -2.28. The van der Waals surface area contributed by atoms with E-state index < -0.39 is 27.6 Å². The maximum Gasteiger partial charge on any atom is 1.00 e. The third-order valence-electron chi connectivity index (χ3n) is 1.39. The Labute approximate surface area is 104 Å². The summed E-state index contributed by atoms with van der Waals surface area (Å²) in [7, 11) is 1.16. The number of methoxy groups -OCH3 is 1. The van der Waals surface area contributed by atoms with E-state index in [9.17, 15) is 17.5 Å². The fourth-order valence-corrected chi connectivity index (χ4v) is 1.21. The first-order chi connectivity index (χ1) is 6.06. The minimum Gasteiger partial charge on any atom is -0.768 e. The van der Waals surface area contributed by atoms with Crippen LogP contribution in [-0.4, -0.2) is 15.9 Å². The van der Waals surface area contributed by atoms with Crippen LogP contribution in [0.2, 0.25) is 0 Å². The van der Waals surface area contributed by atoms with Gasteiger partial charge in [-0.05, 0) is 17.1 Å². The second-order valence-electron chi connectivity index (χ2n) is 2.15. The van der Waals surface area contributed by atoms with Crippen molar-refractivity contribution in [2.45, 2.75) is 4.90 Å². The molecule has 0 heterocycles. The van der Waals surface area contributed by atoms with Gasteiger partial charge < -0.3 is 9.29 Å². The van der Waals surface area contributed by atoms with Gasteiger partial charge in [-0.2, -0.15) is 0 Å². The van der Waals surface area contributed by atoms with E-state index >= 15 is 0 Å². The summed E-state index contributed by atoms with van der Waals surface area (Å²) in [6.45, 7) is 0. The third-order valence-corrected chi connectivity index (χ3v) is 2.06. The molecule has 0 spiro atoms. The predicted octanol–water partition coefficient (Wildman–Crippen LogP) is -1.78. The van der Waals surface area contributed by atoms with Crippen LogP contribution in [0.1, 0.15) is 0 Å². The summed E-state index contributed by atoms with van der Waals surface area (Å²) >= 11 is -2.78. The van der Waals surface area contributed by atoms with Crippen LogP contribution in [0.4, 0.5) is 8.78 Å². The standard InChI is InChI=1S/C7H6F2O3S.Na/c1-12-6-2-5(9)7(13(10)11)3-4(6)8;/h2-3H,1H3,(H,10,11);/q;+1/p-1. The molecule has 0 aromatic heterocycles. The number of hydrogen-bond acceptors (Lipinski definition) is 3. The van der Waals surface area contributed by atoms with Crippen LogP contribution in [0.3, 0.4) is 0 Å². The van der Waals surface area contributed by atoms with Crippen LogP contribution in [0.25, 0.3) is 0 Å². The fraction of sp³-hybridized carbons (Fsp3) is 0.143. The molecule has 0 fully saturated rings. The van der Waals surface area contributed by atoms with Crippen molar-refractivity contribution in [1.82, 2.24) is 0 Å². The molecule has 0 radical (unpaired) electrons. The van der Waals surface area contributed by atoms with Gasteiger partial charge in [-0.25, -0.2) is 8.78 Å². The Bertz CT molecular complexity index is 359. The molecule has 0 N–H and O–H groups in total. The quantitative estimate of drug-likeness (QED) is 0.445. The van der Waals surface area contributed by atoms with Crippen molar-refractivity contribution in [2.24, 2.45) is 0 Å². The van der Waals surface area contributed by atoms with Crippen molar-refractivity contribution in [3.8, 4) is 5.75 Å². The minimum absolute atomic E-state index is 0. The first kappa shape index (κ1) is 14.0. The first-order valence-corrected chi connectivity index (χ1v) is 4.26. The fourth-order valence-electron chi connectivity index (χ4n) is 0.794. The number of hydrogen-bond donors (Lipinski definition) is 0. The van der Waals surface area contributed by atoms with Gasteiger partial charge in [-0.1, -0.05) is 0 Å². The molecule has 14 heavy (non-hydrogen) atoms. The molecule has 0 aliphatic heterocycles. The van der Waals surface area contributed by atoms with Gasteiger partial charge in [0.15, 0.2) is 11.6 Å². The molecule has 0 bridgehead atoms. The van der Waals surface area contributed by atoms with E-state index in [1.807, 2.05) is 0 Å². The Morgan fingerprint density at radius 2 is 1.93 bits per heavy atom. The Balaban J connectivity index is 0.00000169. The number of ether oxygens (including phenoxy) is 1. The van der Waals surface area contributed by atoms with E-state index in [4.69, 9.17) is 0 Å². The first-order valence-electron chi connectivity index (χ1n) is 3.18. The zero-order valence-electron chi connectivity index (χ0n) is 7.54. The largest absolute Gasteiger partial charge is 1.00 e. The molecular weight excluding hydrogens is 225 g/mol. The normalized spacial score (nSPS) is 11.7. The topological polar surface area (TPSA) is 49.4 Å². The summed E-state index contributed by atoms with van der Waals surface area (Å²) < 4.78 is 50.8. The smallest absolute Gasteiger partial charge is 0.768 e. The van der Waals surface area contributed by atoms with Gasteiger partial charge in [0.1, 0.15) is 5.82 Å². The average molecular weight is 230 g/mol. The van der Waals surface area contributed by atoms with Gasteiger partial charge in [0.25, 0.3) is 0 Å². The molecule has 1 aromatic rings. The Morgan fingerprint density at radius 3 is 2.36 bits per heavy atom. The monoisotopic (exact) mass is 230 g/mol. The molecule has 0 aliphatic carbocycles. The van der Waals surface area contributed by atoms with E-state index in [-0.39, 0.29) is 35.3 Å². The zero-order valence-corrected chi connectivity index (χ0v) is 10.4. The Morgan fingerprint density at radius 1 is 1.36 bits per heavy atom. The van der Waals surface area contributed by atoms with E-state index in [2.05, 4.69) is 4.74 Å². The van der Waals surface area contributed by atoms with Crippen molar-refractivity contribution in [3.63, 3.8) is 0 Å². The molecule has 0 saturated heterocycles. The molecule has 1 atom stereocenters. The van der Waals surface area contributed by atoms with Gasteiger partial charge in [-0.3, -0.25) is 4.21 Å². The molecule has 1 rings (SSSR count). The molecule has 0 amide bonds. The van der Waals surface area contributed by atoms with Gasteiger partial charge in [-0.15, -0.1) is 0 Å². The summed E-state index contributed by atoms with van der Waals surface area (Å²) in [4.78, 5) is -0.710. The summed E-state index contributed by atoms with van der Waals surface area (Å²) in [6.07, 6.45) is 0. The van der Waals surface area contributed by atoms with Crippen molar-refractivity contribution in [2.75, 3.05) is 7.11 Å². The van der Waals surface area contributed by atoms with Gasteiger partial charge in [0.05, 0.1) is 12.0 Å². The van der Waals surface area contributed by atoms with E-state index in [1.165, 1.54) is 0 Å². The van der Waals surface area contributed by atoms with Crippen molar-refractivity contribution in [3.05, 3.63) is 23.8 Å². The van der Waals surface area contributed by atoms with Crippen molar-refractivity contribution >= 4 is 11.1 Å².